The molecule has 0 atom stereocenters. The van der Waals surface area contributed by atoms with Gasteiger partial charge in [-0.3, -0.25) is 0 Å². The maximum atomic E-state index is 7.33. The van der Waals surface area contributed by atoms with E-state index in [1.54, 1.807) is 0 Å². The van der Waals surface area contributed by atoms with E-state index in [4.69, 9.17) is 19.2 Å². The summed E-state index contributed by atoms with van der Waals surface area (Å²) in [7, 11) is -4.61. The molecule has 8 heteroatoms. The molecule has 0 heterocycles. The molecule has 0 saturated heterocycles. The van der Waals surface area contributed by atoms with Gasteiger partial charge in [0.1, 0.15) is 0 Å². The van der Waals surface area contributed by atoms with Crippen molar-refractivity contribution < 1.29 is 47.0 Å². The first-order chi connectivity index (χ1) is 2.00. The Morgan fingerprint density at radius 1 is 1.00 bits per heavy atom. The van der Waals surface area contributed by atoms with Gasteiger partial charge in [0, 0.05) is 19.5 Å². The van der Waals surface area contributed by atoms with E-state index in [1.807, 2.05) is 0 Å². The third-order valence-corrected chi connectivity index (χ3v) is 0. The van der Waals surface area contributed by atoms with Crippen molar-refractivity contribution in [1.82, 2.24) is 0 Å². The van der Waals surface area contributed by atoms with Gasteiger partial charge in [-0.05, 0) is 0 Å². The van der Waals surface area contributed by atoms with Gasteiger partial charge in [0.05, 0.1) is 0 Å². The molecule has 46 valence electrons. The van der Waals surface area contributed by atoms with Crippen LogP contribution < -0.4 is 0 Å². The Morgan fingerprint density at radius 2 is 1.00 bits per heavy atom. The Hall–Kier alpha value is 1.90. The minimum Gasteiger partial charge on any atom is -1.00 e. The van der Waals surface area contributed by atoms with Crippen LogP contribution in [0, 0.1) is 0 Å². The normalized spacial score (nSPS) is 7.50. The number of hydrogen-bond donors (Lipinski definition) is 4. The summed E-state index contributed by atoms with van der Waals surface area (Å²) >= 11 is 0. The quantitative estimate of drug-likeness (QED) is 0.317. The Balaban J connectivity index is -0.00000000800. The minimum absolute atomic E-state index is 0. The fraction of sp³-hybridized carbons (Fsp3) is 0. The third kappa shape index (κ3) is 104. The molecule has 0 aromatic rings. The third-order valence-electron chi connectivity index (χ3n) is 0. The number of rotatable bonds is 0. The average Bonchev–Trinajstić information content (AvgIpc) is 0.722. The summed E-state index contributed by atoms with van der Waals surface area (Å²) in [5, 5.41) is 0. The van der Waals surface area contributed by atoms with Crippen LogP contribution in [0.4, 0.5) is 0 Å². The van der Waals surface area contributed by atoms with Gasteiger partial charge in [-0.1, -0.05) is 0 Å². The van der Waals surface area contributed by atoms with Crippen LogP contribution in [0.15, 0.2) is 0 Å². The van der Waals surface area contributed by atoms with Crippen LogP contribution in [0.5, 0.6) is 0 Å². The second-order valence-electron chi connectivity index (χ2n) is 0.600. The Bertz CT molecular complexity index is 35.1. The summed E-state index contributed by atoms with van der Waals surface area (Å²) in [6.45, 7) is 0. The summed E-state index contributed by atoms with van der Waals surface area (Å²) in [6, 6.07) is 0. The van der Waals surface area contributed by atoms with E-state index < -0.39 is 9.05 Å². The topological polar surface area (TPSA) is 112 Å². The molecule has 0 aromatic heterocycles. The molecule has 0 unspecified atom stereocenters. The first kappa shape index (κ1) is 22.5. The zero-order valence-electron chi connectivity index (χ0n) is 6.20. The zero-order chi connectivity index (χ0) is 4.50. The molecule has 6 N–H and O–H groups in total. The predicted octanol–water partition coefficient (Wildman–Crippen LogP) is -3.59. The molecule has 0 fully saturated rings. The van der Waals surface area contributed by atoms with E-state index >= 15 is 0 Å². The van der Waals surface area contributed by atoms with E-state index in [1.165, 1.54) is 0 Å². The van der Waals surface area contributed by atoms with Crippen LogP contribution in [0.2, 0.25) is 0 Å². The molecular formula is H8CaO5SiZn. The maximum absolute atomic E-state index is 7.33. The van der Waals surface area contributed by atoms with Gasteiger partial charge in [0.15, 0.2) is 0 Å². The van der Waals surface area contributed by atoms with Crippen LogP contribution in [0.1, 0.15) is 2.85 Å². The maximum Gasteiger partial charge on any atom is 2.00 e. The van der Waals surface area contributed by atoms with Crippen LogP contribution in [-0.2, 0) is 19.5 Å². The van der Waals surface area contributed by atoms with Crippen molar-refractivity contribution in [1.29, 1.82) is 0 Å². The van der Waals surface area contributed by atoms with Gasteiger partial charge in [0.25, 0.3) is 0 Å². The monoisotopic (exact) mass is 220 g/mol. The first-order valence-electron chi connectivity index (χ1n) is 0.894. The van der Waals surface area contributed by atoms with E-state index in [2.05, 4.69) is 0 Å². The predicted molar refractivity (Wildman–Crippen MR) is 26.2 cm³/mol. The van der Waals surface area contributed by atoms with Gasteiger partial charge < -0.3 is 27.5 Å². The van der Waals surface area contributed by atoms with Crippen molar-refractivity contribution in [3.63, 3.8) is 0 Å². The molecule has 0 radical (unpaired) electrons. The van der Waals surface area contributed by atoms with Crippen molar-refractivity contribution in [2.45, 2.75) is 0 Å². The zero-order valence-corrected chi connectivity index (χ0v) is 10.4. The van der Waals surface area contributed by atoms with Crippen molar-refractivity contribution in [2.24, 2.45) is 0 Å². The SMILES string of the molecule is O.O[Si](O)(O)O.[Ca+2].[H-].[H-].[Zn]. The van der Waals surface area contributed by atoms with Gasteiger partial charge in [-0.15, -0.1) is 0 Å². The molecular weight excluding hydrogens is 214 g/mol. The summed E-state index contributed by atoms with van der Waals surface area (Å²) in [5.41, 5.74) is 0. The van der Waals surface area contributed by atoms with Crippen molar-refractivity contribution in [2.75, 3.05) is 0 Å². The fourth-order valence-electron chi connectivity index (χ4n) is 0. The summed E-state index contributed by atoms with van der Waals surface area (Å²) in [5.74, 6) is 0. The minimum atomic E-state index is -4.61. The second-order valence-corrected chi connectivity index (χ2v) is 1.80. The summed E-state index contributed by atoms with van der Waals surface area (Å²) in [6.07, 6.45) is 0. The van der Waals surface area contributed by atoms with Crippen molar-refractivity contribution in [3.8, 4) is 0 Å². The molecule has 0 rings (SSSR count). The molecule has 8 heavy (non-hydrogen) atoms. The van der Waals surface area contributed by atoms with Crippen LogP contribution in [0.25, 0.3) is 0 Å². The first-order valence-corrected chi connectivity index (χ1v) is 2.68. The second kappa shape index (κ2) is 8.90. The summed E-state index contributed by atoms with van der Waals surface area (Å²) in [4.78, 5) is 29.3. The molecule has 0 spiro atoms. The average molecular weight is 222 g/mol. The Labute approximate surface area is 92.9 Å². The molecule has 0 aliphatic carbocycles. The van der Waals surface area contributed by atoms with E-state index in [0.717, 1.165) is 0 Å². The van der Waals surface area contributed by atoms with E-state index in [9.17, 15) is 0 Å². The largest absolute Gasteiger partial charge is 2.00 e. The van der Waals surface area contributed by atoms with Crippen LogP contribution in [0.3, 0.4) is 0 Å². The molecule has 5 nitrogen and oxygen atoms in total. The molecule has 0 aliphatic rings. The molecule has 0 bridgehead atoms. The standard InChI is InChI=1S/Ca.H4O4Si.H2O.Zn.2H/c;1-5(2,3)4;;;;/h;1-4H;1H2;;;/q+2;;;;2*-1. The van der Waals surface area contributed by atoms with Crippen molar-refractivity contribution >= 4 is 46.8 Å². The number of hydrogen-bond acceptors (Lipinski definition) is 4. The molecule has 0 amide bonds. The van der Waals surface area contributed by atoms with Crippen LogP contribution in [-0.4, -0.2) is 71.4 Å². The summed E-state index contributed by atoms with van der Waals surface area (Å²) < 4.78 is 0. The smallest absolute Gasteiger partial charge is 1.00 e. The van der Waals surface area contributed by atoms with E-state index in [-0.39, 0.29) is 65.5 Å². The van der Waals surface area contributed by atoms with Gasteiger partial charge in [-0.2, -0.15) is 0 Å². The van der Waals surface area contributed by atoms with E-state index in [0.29, 0.717) is 0 Å². The van der Waals surface area contributed by atoms with Gasteiger partial charge in [-0.25, -0.2) is 0 Å². The Morgan fingerprint density at radius 3 is 1.00 bits per heavy atom. The Kier molecular flexibility index (Phi) is 25.1. The van der Waals surface area contributed by atoms with Crippen molar-refractivity contribution in [3.05, 3.63) is 0 Å². The fourth-order valence-corrected chi connectivity index (χ4v) is 0. The van der Waals surface area contributed by atoms with Gasteiger partial charge in [0.2, 0.25) is 0 Å². The van der Waals surface area contributed by atoms with Crippen LogP contribution >= 0.6 is 0 Å². The molecule has 0 aromatic carbocycles. The molecule has 0 aliphatic heterocycles. The van der Waals surface area contributed by atoms with Gasteiger partial charge >= 0.3 is 46.8 Å². The molecule has 0 saturated carbocycles.